The fraction of sp³-hybridized carbons (Fsp3) is 0.533. The van der Waals surface area contributed by atoms with Crippen molar-refractivity contribution in [1.29, 1.82) is 0 Å². The van der Waals surface area contributed by atoms with Crippen LogP contribution in [0.4, 0.5) is 0 Å². The monoisotopic (exact) mass is 246 g/mol. The molecular weight excluding hydrogens is 224 g/mol. The van der Waals surface area contributed by atoms with E-state index in [1.54, 1.807) is 0 Å². The van der Waals surface area contributed by atoms with E-state index >= 15 is 0 Å². The molecule has 1 aliphatic rings. The van der Waals surface area contributed by atoms with Gasteiger partial charge in [0.15, 0.2) is 0 Å². The average Bonchev–Trinajstić information content (AvgIpc) is 2.53. The lowest BCUT2D eigenvalue weighted by molar-refractivity contribution is -0.129. The van der Waals surface area contributed by atoms with Crippen LogP contribution in [-0.4, -0.2) is 37.0 Å². The number of nitrogens with zero attached hydrogens (tertiary/aromatic N) is 1. The van der Waals surface area contributed by atoms with E-state index in [2.05, 4.69) is 37.4 Å². The first-order chi connectivity index (χ1) is 8.66. The Morgan fingerprint density at radius 1 is 1.33 bits per heavy atom. The molecule has 1 N–H and O–H groups in total. The zero-order valence-corrected chi connectivity index (χ0v) is 11.3. The van der Waals surface area contributed by atoms with Crippen molar-refractivity contribution in [2.45, 2.75) is 26.7 Å². The second kappa shape index (κ2) is 6.01. The standard InChI is InChI=1S/C15H22N2O/c1-12-4-5-14(13(2)10-12)6-9-17-8-3-7-16-11-15(17)18/h4-5,10,16H,3,6-9,11H2,1-2H3. The normalized spacial score (nSPS) is 16.8. The minimum Gasteiger partial charge on any atom is -0.341 e. The molecule has 1 saturated heterocycles. The number of carbonyl (C=O) groups excluding carboxylic acids is 1. The number of benzene rings is 1. The fourth-order valence-electron chi connectivity index (χ4n) is 2.44. The van der Waals surface area contributed by atoms with Crippen LogP contribution in [0.2, 0.25) is 0 Å². The Balaban J connectivity index is 1.95. The topological polar surface area (TPSA) is 32.3 Å². The molecule has 0 aliphatic carbocycles. The number of hydrogen-bond donors (Lipinski definition) is 1. The van der Waals surface area contributed by atoms with Gasteiger partial charge in [0.05, 0.1) is 6.54 Å². The molecule has 3 nitrogen and oxygen atoms in total. The van der Waals surface area contributed by atoms with E-state index in [-0.39, 0.29) is 5.91 Å². The predicted octanol–water partition coefficient (Wildman–Crippen LogP) is 1.67. The van der Waals surface area contributed by atoms with Crippen molar-refractivity contribution in [3.05, 3.63) is 34.9 Å². The van der Waals surface area contributed by atoms with Crippen LogP contribution >= 0.6 is 0 Å². The Labute approximate surface area is 109 Å². The molecule has 0 radical (unpaired) electrons. The maximum absolute atomic E-state index is 11.8. The number of nitrogens with one attached hydrogen (secondary N) is 1. The van der Waals surface area contributed by atoms with Crippen LogP contribution in [0, 0.1) is 13.8 Å². The zero-order chi connectivity index (χ0) is 13.0. The summed E-state index contributed by atoms with van der Waals surface area (Å²) in [6.07, 6.45) is 2.01. The third-order valence-corrected chi connectivity index (χ3v) is 3.56. The van der Waals surface area contributed by atoms with Gasteiger partial charge in [0, 0.05) is 13.1 Å². The van der Waals surface area contributed by atoms with E-state index in [4.69, 9.17) is 0 Å². The molecule has 0 unspecified atom stereocenters. The van der Waals surface area contributed by atoms with Crippen LogP contribution in [0.25, 0.3) is 0 Å². The Morgan fingerprint density at radius 3 is 2.94 bits per heavy atom. The third kappa shape index (κ3) is 3.33. The molecule has 0 spiro atoms. The van der Waals surface area contributed by atoms with Gasteiger partial charge < -0.3 is 10.2 Å². The summed E-state index contributed by atoms with van der Waals surface area (Å²) in [6, 6.07) is 6.54. The molecule has 1 amide bonds. The van der Waals surface area contributed by atoms with Gasteiger partial charge in [-0.25, -0.2) is 0 Å². The Hall–Kier alpha value is -1.35. The second-order valence-corrected chi connectivity index (χ2v) is 5.09. The molecule has 1 aromatic rings. The number of hydrogen-bond acceptors (Lipinski definition) is 2. The van der Waals surface area contributed by atoms with Gasteiger partial charge in [-0.15, -0.1) is 0 Å². The van der Waals surface area contributed by atoms with E-state index in [0.717, 1.165) is 32.5 Å². The maximum Gasteiger partial charge on any atom is 0.236 e. The zero-order valence-electron chi connectivity index (χ0n) is 11.3. The average molecular weight is 246 g/mol. The predicted molar refractivity (Wildman–Crippen MR) is 73.7 cm³/mol. The molecule has 0 aromatic heterocycles. The van der Waals surface area contributed by atoms with Crippen LogP contribution in [0.1, 0.15) is 23.1 Å². The van der Waals surface area contributed by atoms with Crippen LogP contribution in [0.3, 0.4) is 0 Å². The number of rotatable bonds is 3. The van der Waals surface area contributed by atoms with Gasteiger partial charge in [0.25, 0.3) is 0 Å². The molecule has 1 heterocycles. The minimum absolute atomic E-state index is 0.234. The van der Waals surface area contributed by atoms with Gasteiger partial charge in [-0.3, -0.25) is 4.79 Å². The second-order valence-electron chi connectivity index (χ2n) is 5.09. The van der Waals surface area contributed by atoms with Crippen LogP contribution < -0.4 is 5.32 Å². The third-order valence-electron chi connectivity index (χ3n) is 3.56. The molecule has 0 atom stereocenters. The summed E-state index contributed by atoms with van der Waals surface area (Å²) in [7, 11) is 0. The van der Waals surface area contributed by atoms with Crippen molar-refractivity contribution >= 4 is 5.91 Å². The highest BCUT2D eigenvalue weighted by Crippen LogP contribution is 2.12. The van der Waals surface area contributed by atoms with Crippen LogP contribution in [-0.2, 0) is 11.2 Å². The summed E-state index contributed by atoms with van der Waals surface area (Å²) in [5.41, 5.74) is 3.98. The van der Waals surface area contributed by atoms with E-state index < -0.39 is 0 Å². The summed E-state index contributed by atoms with van der Waals surface area (Å²) in [6.45, 7) is 7.43. The Bertz CT molecular complexity index is 429. The van der Waals surface area contributed by atoms with E-state index in [0.29, 0.717) is 6.54 Å². The summed E-state index contributed by atoms with van der Waals surface area (Å²) in [5.74, 6) is 0.234. The van der Waals surface area contributed by atoms with Gasteiger partial charge in [-0.1, -0.05) is 23.8 Å². The Kier molecular flexibility index (Phi) is 4.37. The SMILES string of the molecule is Cc1ccc(CCN2CCCNCC2=O)c(C)c1. The van der Waals surface area contributed by atoms with Gasteiger partial charge in [-0.2, -0.15) is 0 Å². The molecule has 0 bridgehead atoms. The largest absolute Gasteiger partial charge is 0.341 e. The first kappa shape index (κ1) is 13.1. The summed E-state index contributed by atoms with van der Waals surface area (Å²) in [4.78, 5) is 13.8. The van der Waals surface area contributed by atoms with E-state index in [1.807, 2.05) is 4.90 Å². The van der Waals surface area contributed by atoms with Crippen molar-refractivity contribution in [1.82, 2.24) is 10.2 Å². The van der Waals surface area contributed by atoms with E-state index in [9.17, 15) is 4.79 Å². The fourth-order valence-corrected chi connectivity index (χ4v) is 2.44. The quantitative estimate of drug-likeness (QED) is 0.880. The molecule has 18 heavy (non-hydrogen) atoms. The molecular formula is C15H22N2O. The minimum atomic E-state index is 0.234. The molecule has 1 fully saturated rings. The van der Waals surface area contributed by atoms with Crippen LogP contribution in [0.15, 0.2) is 18.2 Å². The molecule has 2 rings (SSSR count). The molecule has 3 heteroatoms. The van der Waals surface area contributed by atoms with E-state index in [1.165, 1.54) is 16.7 Å². The number of amides is 1. The van der Waals surface area contributed by atoms with Crippen molar-refractivity contribution in [3.63, 3.8) is 0 Å². The summed E-state index contributed by atoms with van der Waals surface area (Å²) >= 11 is 0. The smallest absolute Gasteiger partial charge is 0.236 e. The lowest BCUT2D eigenvalue weighted by Crippen LogP contribution is -2.36. The molecule has 98 valence electrons. The maximum atomic E-state index is 11.8. The van der Waals surface area contributed by atoms with Crippen molar-refractivity contribution in [3.8, 4) is 0 Å². The molecule has 0 saturated carbocycles. The van der Waals surface area contributed by atoms with Crippen molar-refractivity contribution < 1.29 is 4.79 Å². The van der Waals surface area contributed by atoms with Gasteiger partial charge in [0.1, 0.15) is 0 Å². The van der Waals surface area contributed by atoms with Crippen LogP contribution in [0.5, 0.6) is 0 Å². The lowest BCUT2D eigenvalue weighted by atomic mass is 10.0. The number of aryl methyl sites for hydroxylation is 2. The lowest BCUT2D eigenvalue weighted by Gasteiger charge is -2.20. The summed E-state index contributed by atoms with van der Waals surface area (Å²) in [5, 5.41) is 3.15. The number of carbonyl (C=O) groups is 1. The van der Waals surface area contributed by atoms with Gasteiger partial charge in [-0.05, 0) is 44.4 Å². The molecule has 1 aromatic carbocycles. The Morgan fingerprint density at radius 2 is 2.17 bits per heavy atom. The first-order valence-electron chi connectivity index (χ1n) is 6.71. The van der Waals surface area contributed by atoms with Gasteiger partial charge >= 0.3 is 0 Å². The van der Waals surface area contributed by atoms with Crippen molar-refractivity contribution in [2.75, 3.05) is 26.2 Å². The highest BCUT2D eigenvalue weighted by molar-refractivity contribution is 5.78. The van der Waals surface area contributed by atoms with Crippen molar-refractivity contribution in [2.24, 2.45) is 0 Å². The summed E-state index contributed by atoms with van der Waals surface area (Å²) < 4.78 is 0. The highest BCUT2D eigenvalue weighted by Gasteiger charge is 2.15. The van der Waals surface area contributed by atoms with Gasteiger partial charge in [0.2, 0.25) is 5.91 Å². The first-order valence-corrected chi connectivity index (χ1v) is 6.71. The highest BCUT2D eigenvalue weighted by atomic mass is 16.2. The molecule has 1 aliphatic heterocycles.